The minimum Gasteiger partial charge on any atom is -0.444 e. The van der Waals surface area contributed by atoms with Gasteiger partial charge >= 0.3 is 12.2 Å². The fourth-order valence-corrected chi connectivity index (χ4v) is 5.18. The fraction of sp³-hybridized carbons (Fsp3) is 0.655. The first-order valence-electron chi connectivity index (χ1n) is 13.5. The van der Waals surface area contributed by atoms with Crippen molar-refractivity contribution in [2.45, 2.75) is 97.8 Å². The highest BCUT2D eigenvalue weighted by molar-refractivity contribution is 6.21. The summed E-state index contributed by atoms with van der Waals surface area (Å²) in [7, 11) is 0. The second-order valence-electron chi connectivity index (χ2n) is 12.7. The monoisotopic (exact) mass is 529 g/mol. The molecule has 0 spiro atoms. The third-order valence-electron chi connectivity index (χ3n) is 7.18. The van der Waals surface area contributed by atoms with Crippen LogP contribution in [-0.2, 0) is 9.47 Å². The molecule has 9 nitrogen and oxygen atoms in total. The highest BCUT2D eigenvalue weighted by Gasteiger charge is 2.43. The molecule has 1 aromatic rings. The molecule has 38 heavy (non-hydrogen) atoms. The maximum atomic E-state index is 13.1. The molecule has 0 bridgehead atoms. The molecule has 2 aliphatic rings. The molecule has 1 aliphatic heterocycles. The normalized spacial score (nSPS) is 18.2. The third kappa shape index (κ3) is 7.71. The Kier molecular flexibility index (Phi) is 8.79. The molecule has 2 N–H and O–H groups in total. The number of alkyl carbamates (subject to hydrolysis) is 2. The van der Waals surface area contributed by atoms with E-state index < -0.39 is 23.4 Å². The van der Waals surface area contributed by atoms with Crippen LogP contribution in [0.15, 0.2) is 24.3 Å². The predicted octanol–water partition coefficient (Wildman–Crippen LogP) is 5.29. The van der Waals surface area contributed by atoms with Crippen molar-refractivity contribution in [1.29, 1.82) is 0 Å². The molecule has 1 unspecified atom stereocenters. The topological polar surface area (TPSA) is 114 Å². The number of rotatable bonds is 9. The molecule has 1 aliphatic carbocycles. The van der Waals surface area contributed by atoms with Crippen molar-refractivity contribution in [3.05, 3.63) is 35.4 Å². The minimum atomic E-state index is -0.648. The number of carbonyl (C=O) groups is 4. The van der Waals surface area contributed by atoms with E-state index in [9.17, 15) is 19.2 Å². The van der Waals surface area contributed by atoms with Crippen LogP contribution in [0.3, 0.4) is 0 Å². The zero-order valence-electron chi connectivity index (χ0n) is 23.8. The number of nitrogens with zero attached hydrogens (tertiary/aromatic N) is 1. The van der Waals surface area contributed by atoms with Crippen LogP contribution in [0.2, 0.25) is 0 Å². The lowest BCUT2D eigenvalue weighted by Gasteiger charge is -2.46. The minimum absolute atomic E-state index is 0.0672. The quantitative estimate of drug-likeness (QED) is 0.420. The van der Waals surface area contributed by atoms with Gasteiger partial charge in [0.25, 0.3) is 11.8 Å². The first-order chi connectivity index (χ1) is 17.6. The van der Waals surface area contributed by atoms with E-state index in [0.29, 0.717) is 24.1 Å². The number of imide groups is 1. The number of ether oxygens (including phenoxy) is 2. The molecule has 1 saturated carbocycles. The second-order valence-corrected chi connectivity index (χ2v) is 12.7. The average Bonchev–Trinajstić information content (AvgIpc) is 2.98. The van der Waals surface area contributed by atoms with Crippen molar-refractivity contribution < 1.29 is 28.7 Å². The molecule has 1 fully saturated rings. The van der Waals surface area contributed by atoms with Gasteiger partial charge in [-0.3, -0.25) is 14.5 Å². The van der Waals surface area contributed by atoms with Crippen LogP contribution in [0.25, 0.3) is 0 Å². The molecule has 210 valence electrons. The van der Waals surface area contributed by atoms with Gasteiger partial charge in [-0.25, -0.2) is 9.59 Å². The van der Waals surface area contributed by atoms with Crippen LogP contribution in [0.1, 0.15) is 101 Å². The number of hydrogen-bond acceptors (Lipinski definition) is 6. The van der Waals surface area contributed by atoms with Crippen molar-refractivity contribution in [1.82, 2.24) is 15.5 Å². The van der Waals surface area contributed by atoms with Crippen molar-refractivity contribution in [2.24, 2.45) is 11.3 Å². The van der Waals surface area contributed by atoms with Gasteiger partial charge < -0.3 is 20.1 Å². The largest absolute Gasteiger partial charge is 0.444 e. The van der Waals surface area contributed by atoms with E-state index in [0.717, 1.165) is 25.7 Å². The van der Waals surface area contributed by atoms with E-state index >= 15 is 0 Å². The van der Waals surface area contributed by atoms with Crippen molar-refractivity contribution in [3.63, 3.8) is 0 Å². The van der Waals surface area contributed by atoms with E-state index in [2.05, 4.69) is 10.6 Å². The summed E-state index contributed by atoms with van der Waals surface area (Å²) in [5.41, 5.74) is -0.474. The van der Waals surface area contributed by atoms with Gasteiger partial charge in [0.15, 0.2) is 0 Å². The Balaban J connectivity index is 1.73. The number of carbonyl (C=O) groups excluding carboxylic acids is 4. The Morgan fingerprint density at radius 1 is 0.947 bits per heavy atom. The van der Waals surface area contributed by atoms with Crippen molar-refractivity contribution >= 4 is 24.0 Å². The summed E-state index contributed by atoms with van der Waals surface area (Å²) in [6.07, 6.45) is 3.46. The van der Waals surface area contributed by atoms with Crippen LogP contribution >= 0.6 is 0 Å². The highest BCUT2D eigenvalue weighted by Crippen LogP contribution is 2.49. The number of fused-ring (bicyclic) bond motifs is 1. The Morgan fingerprint density at radius 3 is 1.95 bits per heavy atom. The summed E-state index contributed by atoms with van der Waals surface area (Å²) >= 11 is 0. The smallest absolute Gasteiger partial charge is 0.407 e. The summed E-state index contributed by atoms with van der Waals surface area (Å²) in [5, 5.41) is 5.79. The molecule has 3 rings (SSSR count). The molecular formula is C29H43N3O6. The maximum Gasteiger partial charge on any atom is 0.407 e. The zero-order chi connectivity index (χ0) is 28.3. The van der Waals surface area contributed by atoms with Gasteiger partial charge in [0.2, 0.25) is 0 Å². The van der Waals surface area contributed by atoms with E-state index in [1.807, 2.05) is 27.7 Å². The zero-order valence-corrected chi connectivity index (χ0v) is 23.8. The van der Waals surface area contributed by atoms with Crippen LogP contribution < -0.4 is 10.6 Å². The van der Waals surface area contributed by atoms with Gasteiger partial charge in [0.05, 0.1) is 11.1 Å². The van der Waals surface area contributed by atoms with E-state index in [-0.39, 0.29) is 35.7 Å². The van der Waals surface area contributed by atoms with Gasteiger partial charge in [-0.2, -0.15) is 0 Å². The first kappa shape index (κ1) is 29.5. The second kappa shape index (κ2) is 11.3. The SMILES string of the molecule is C[C@@H](NC(=O)OC(C)(C)C)C(CN1C(=O)c2ccccc2C1=O)CC1(CCNC(=O)OC(C)(C)C)CCC1. The maximum absolute atomic E-state index is 13.1. The highest BCUT2D eigenvalue weighted by atomic mass is 16.6. The van der Waals surface area contributed by atoms with Gasteiger partial charge in [0.1, 0.15) is 11.2 Å². The Labute approximate surface area is 226 Å². The number of benzene rings is 1. The predicted molar refractivity (Wildman–Crippen MR) is 144 cm³/mol. The average molecular weight is 530 g/mol. The standard InChI is InChI=1S/C29H43N3O6/c1-19(31-26(36)38-28(5,6)7)20(18-32-23(33)21-11-8-9-12-22(21)24(32)34)17-29(13-10-14-29)15-16-30-25(35)37-27(2,3)4/h8-9,11-12,19-20H,10,13-18H2,1-7H3,(H,30,35)(H,31,36)/t19-,20?/m1/s1. The molecule has 0 aromatic heterocycles. The van der Waals surface area contributed by atoms with Crippen LogP contribution in [0, 0.1) is 11.3 Å². The van der Waals surface area contributed by atoms with E-state index in [1.165, 1.54) is 4.90 Å². The first-order valence-corrected chi connectivity index (χ1v) is 13.5. The summed E-state index contributed by atoms with van der Waals surface area (Å²) in [6.45, 7) is 13.4. The lowest BCUT2D eigenvalue weighted by Crippen LogP contribution is -2.49. The van der Waals surface area contributed by atoms with Crippen LogP contribution in [0.4, 0.5) is 9.59 Å². The number of hydrogen-bond donors (Lipinski definition) is 2. The van der Waals surface area contributed by atoms with Crippen molar-refractivity contribution in [2.75, 3.05) is 13.1 Å². The lowest BCUT2D eigenvalue weighted by molar-refractivity contribution is 0.0336. The van der Waals surface area contributed by atoms with Crippen molar-refractivity contribution in [3.8, 4) is 0 Å². The summed E-state index contributed by atoms with van der Waals surface area (Å²) in [5.74, 6) is -0.824. The van der Waals surface area contributed by atoms with Gasteiger partial charge in [-0.15, -0.1) is 0 Å². The summed E-state index contributed by atoms with van der Waals surface area (Å²) < 4.78 is 10.8. The van der Waals surface area contributed by atoms with Gasteiger partial charge in [-0.1, -0.05) is 18.6 Å². The van der Waals surface area contributed by atoms with Gasteiger partial charge in [-0.05, 0) is 97.6 Å². The number of amides is 4. The Morgan fingerprint density at radius 2 is 1.47 bits per heavy atom. The molecule has 1 aromatic carbocycles. The van der Waals surface area contributed by atoms with Crippen LogP contribution in [-0.4, -0.2) is 59.2 Å². The molecule has 4 amide bonds. The Bertz CT molecular complexity index is 1020. The van der Waals surface area contributed by atoms with E-state index in [4.69, 9.17) is 9.47 Å². The number of nitrogens with one attached hydrogen (secondary N) is 2. The molecule has 2 atom stereocenters. The summed E-state index contributed by atoms with van der Waals surface area (Å²) in [6, 6.07) is 6.48. The molecule has 1 heterocycles. The lowest BCUT2D eigenvalue weighted by atomic mass is 9.61. The Hall–Kier alpha value is -3.10. The van der Waals surface area contributed by atoms with E-state index in [1.54, 1.807) is 45.0 Å². The fourth-order valence-electron chi connectivity index (χ4n) is 5.18. The summed E-state index contributed by atoms with van der Waals surface area (Å²) in [4.78, 5) is 52.3. The molecule has 0 radical (unpaired) electrons. The van der Waals surface area contributed by atoms with Crippen LogP contribution in [0.5, 0.6) is 0 Å². The third-order valence-corrected chi connectivity index (χ3v) is 7.18. The molecule has 0 saturated heterocycles. The molecule has 9 heteroatoms. The molecular weight excluding hydrogens is 486 g/mol. The van der Waals surface area contributed by atoms with Gasteiger partial charge in [0, 0.05) is 19.1 Å².